The van der Waals surface area contributed by atoms with E-state index in [1.807, 2.05) is 35.9 Å². The fourth-order valence-corrected chi connectivity index (χ4v) is 4.63. The molecule has 0 radical (unpaired) electrons. The molecule has 170 valence electrons. The minimum Gasteiger partial charge on any atom is -0.396 e. The Morgan fingerprint density at radius 2 is 1.91 bits per heavy atom. The Bertz CT molecular complexity index is 1410. The van der Waals surface area contributed by atoms with Gasteiger partial charge in [-0.1, -0.05) is 12.1 Å². The van der Waals surface area contributed by atoms with E-state index in [1.165, 1.54) is 5.01 Å². The summed E-state index contributed by atoms with van der Waals surface area (Å²) in [6.07, 6.45) is 7.08. The summed E-state index contributed by atoms with van der Waals surface area (Å²) in [7, 11) is 3.52. The van der Waals surface area contributed by atoms with E-state index in [4.69, 9.17) is 11.6 Å². The van der Waals surface area contributed by atoms with Gasteiger partial charge in [0.2, 0.25) is 0 Å². The van der Waals surface area contributed by atoms with Crippen molar-refractivity contribution in [3.05, 3.63) is 65.1 Å². The Labute approximate surface area is 191 Å². The maximum absolute atomic E-state index is 13.2. The average molecular weight is 445 g/mol. The molecule has 9 nitrogen and oxygen atoms in total. The van der Waals surface area contributed by atoms with E-state index in [0.717, 1.165) is 59.0 Å². The number of hydrogen-bond donors (Lipinski definition) is 3. The number of aryl methyl sites for hydroxylation is 1. The fraction of sp³-hybridized carbons (Fsp3) is 0.292. The molecule has 0 aliphatic carbocycles. The van der Waals surface area contributed by atoms with Gasteiger partial charge >= 0.3 is 5.69 Å². The molecule has 0 unspecified atom stereocenters. The fourth-order valence-electron chi connectivity index (χ4n) is 4.63. The lowest BCUT2D eigenvalue weighted by Gasteiger charge is -2.24. The van der Waals surface area contributed by atoms with E-state index in [9.17, 15) is 4.79 Å². The van der Waals surface area contributed by atoms with E-state index in [1.54, 1.807) is 30.2 Å². The van der Waals surface area contributed by atoms with E-state index in [-0.39, 0.29) is 11.7 Å². The molecule has 4 heterocycles. The lowest BCUT2D eigenvalue weighted by atomic mass is 10.0. The van der Waals surface area contributed by atoms with Gasteiger partial charge in [-0.05, 0) is 49.7 Å². The van der Waals surface area contributed by atoms with Crippen LogP contribution in [0.3, 0.4) is 0 Å². The highest BCUT2D eigenvalue weighted by molar-refractivity contribution is 6.04. The van der Waals surface area contributed by atoms with Crippen molar-refractivity contribution in [2.75, 3.05) is 20.1 Å². The van der Waals surface area contributed by atoms with Crippen molar-refractivity contribution in [3.63, 3.8) is 0 Å². The first kappa shape index (κ1) is 21.2. The van der Waals surface area contributed by atoms with E-state index >= 15 is 0 Å². The normalized spacial score (nSPS) is 15.4. The maximum atomic E-state index is 13.2. The zero-order chi connectivity index (χ0) is 23.1. The van der Waals surface area contributed by atoms with E-state index < -0.39 is 0 Å². The predicted molar refractivity (Wildman–Crippen MR) is 131 cm³/mol. The number of imidazole rings is 1. The lowest BCUT2D eigenvalue weighted by molar-refractivity contribution is 0.366. The minimum absolute atomic E-state index is 0.00903. The summed E-state index contributed by atoms with van der Waals surface area (Å²) in [4.78, 5) is 22.3. The van der Waals surface area contributed by atoms with Crippen LogP contribution in [-0.2, 0) is 7.05 Å². The molecule has 1 saturated heterocycles. The molecular formula is C24H28N8O. The van der Waals surface area contributed by atoms with Gasteiger partial charge in [-0.3, -0.25) is 19.1 Å². The van der Waals surface area contributed by atoms with Gasteiger partial charge in [0.05, 0.1) is 34.1 Å². The molecule has 33 heavy (non-hydrogen) atoms. The molecule has 5 rings (SSSR count). The third kappa shape index (κ3) is 3.75. The van der Waals surface area contributed by atoms with Crippen LogP contribution in [0.25, 0.3) is 38.8 Å². The number of nitrogens with one attached hydrogen (secondary N) is 1. The van der Waals surface area contributed by atoms with Crippen LogP contribution in [0.5, 0.6) is 0 Å². The first-order valence-corrected chi connectivity index (χ1v) is 11.1. The van der Waals surface area contributed by atoms with Crippen LogP contribution in [0, 0.1) is 0 Å². The molecule has 1 aliphatic rings. The third-order valence-corrected chi connectivity index (χ3v) is 6.32. The van der Waals surface area contributed by atoms with E-state index in [0.29, 0.717) is 11.4 Å². The Hall–Kier alpha value is -3.69. The number of pyridine rings is 2. The van der Waals surface area contributed by atoms with Crippen molar-refractivity contribution < 1.29 is 0 Å². The second-order valence-electron chi connectivity index (χ2n) is 8.60. The summed E-state index contributed by atoms with van der Waals surface area (Å²) in [5, 5.41) is 5.75. The Balaban J connectivity index is 1.65. The van der Waals surface area contributed by atoms with Gasteiger partial charge in [0, 0.05) is 43.5 Å². The molecule has 0 atom stereocenters. The number of benzene rings is 1. The van der Waals surface area contributed by atoms with Crippen LogP contribution in [0.2, 0.25) is 0 Å². The number of hydrogen-bond acceptors (Lipinski definition) is 7. The Morgan fingerprint density at radius 1 is 1.15 bits per heavy atom. The van der Waals surface area contributed by atoms with Gasteiger partial charge in [-0.25, -0.2) is 10.6 Å². The molecule has 0 bridgehead atoms. The highest BCUT2D eigenvalue weighted by Gasteiger charge is 2.23. The smallest absolute Gasteiger partial charge is 0.329 e. The predicted octanol–water partition coefficient (Wildman–Crippen LogP) is 1.94. The summed E-state index contributed by atoms with van der Waals surface area (Å²) in [5.41, 5.74) is 11.8. The molecule has 4 aromatic rings. The molecule has 1 fully saturated rings. The Kier molecular flexibility index (Phi) is 5.35. The number of nitrogens with zero attached hydrogens (tertiary/aromatic N) is 5. The summed E-state index contributed by atoms with van der Waals surface area (Å²) in [5.74, 6) is 5.64. The molecule has 1 aromatic carbocycles. The molecular weight excluding hydrogens is 416 g/mol. The van der Waals surface area contributed by atoms with Crippen LogP contribution >= 0.6 is 0 Å². The van der Waals surface area contributed by atoms with Gasteiger partial charge in [0.15, 0.2) is 0 Å². The first-order valence-electron chi connectivity index (χ1n) is 11.1. The molecule has 3 aromatic heterocycles. The molecule has 1 aliphatic heterocycles. The van der Waals surface area contributed by atoms with Gasteiger partial charge in [0.25, 0.3) is 0 Å². The summed E-state index contributed by atoms with van der Waals surface area (Å²) < 4.78 is 3.68. The van der Waals surface area contributed by atoms with Crippen molar-refractivity contribution in [2.45, 2.75) is 18.9 Å². The van der Waals surface area contributed by atoms with E-state index in [2.05, 4.69) is 21.4 Å². The first-order chi connectivity index (χ1) is 15.9. The van der Waals surface area contributed by atoms with Gasteiger partial charge < -0.3 is 16.1 Å². The van der Waals surface area contributed by atoms with Crippen molar-refractivity contribution in [1.82, 2.24) is 29.4 Å². The van der Waals surface area contributed by atoms with Crippen LogP contribution < -0.4 is 22.6 Å². The molecule has 0 spiro atoms. The highest BCUT2D eigenvalue weighted by Crippen LogP contribution is 2.31. The third-order valence-electron chi connectivity index (χ3n) is 6.32. The average Bonchev–Trinajstić information content (AvgIpc) is 3.09. The molecule has 0 amide bonds. The number of nitrogens with two attached hydrogens (primary N) is 2. The van der Waals surface area contributed by atoms with Crippen LogP contribution in [0.4, 0.5) is 0 Å². The highest BCUT2D eigenvalue weighted by atomic mass is 16.1. The molecule has 9 heteroatoms. The van der Waals surface area contributed by atoms with Crippen LogP contribution in [0.15, 0.2) is 53.7 Å². The second kappa shape index (κ2) is 8.34. The number of piperidine rings is 1. The molecule has 5 N–H and O–H groups in total. The number of aromatic nitrogens is 4. The van der Waals surface area contributed by atoms with Gasteiger partial charge in [-0.2, -0.15) is 0 Å². The van der Waals surface area contributed by atoms with Crippen molar-refractivity contribution in [2.24, 2.45) is 18.6 Å². The largest absolute Gasteiger partial charge is 0.396 e. The lowest BCUT2D eigenvalue weighted by Crippen LogP contribution is -2.34. The summed E-state index contributed by atoms with van der Waals surface area (Å²) in [6, 6.07) is 10.2. The topological polar surface area (TPSA) is 120 Å². The summed E-state index contributed by atoms with van der Waals surface area (Å²) in [6.45, 7) is 1.83. The quantitative estimate of drug-likeness (QED) is 0.325. The Morgan fingerprint density at radius 3 is 2.61 bits per heavy atom. The van der Waals surface area contributed by atoms with Gasteiger partial charge in [0.1, 0.15) is 0 Å². The zero-order valence-electron chi connectivity index (χ0n) is 18.8. The van der Waals surface area contributed by atoms with Crippen LogP contribution in [0.1, 0.15) is 24.6 Å². The second-order valence-corrected chi connectivity index (χ2v) is 8.60. The number of hydrazine groups is 1. The van der Waals surface area contributed by atoms with Crippen LogP contribution in [-0.4, -0.2) is 44.2 Å². The number of fused-ring (bicyclic) bond motifs is 3. The van der Waals surface area contributed by atoms with Gasteiger partial charge in [-0.15, -0.1) is 0 Å². The zero-order valence-corrected chi connectivity index (χ0v) is 18.8. The standard InChI is InChI=1S/C24H28N8O/c1-30(26)14-19(25)21-6-4-16(12-28-21)15-3-5-20-18(11-15)23-22(13-29-20)31(2)24(33)32(23)17-7-9-27-10-8-17/h3-6,11-14,17,27H,7-10,25-26H2,1-2H3/b19-14-. The van der Waals surface area contributed by atoms with Crippen molar-refractivity contribution in [1.29, 1.82) is 0 Å². The molecule has 0 saturated carbocycles. The van der Waals surface area contributed by atoms with Crippen molar-refractivity contribution in [3.8, 4) is 11.1 Å². The minimum atomic E-state index is 0.00903. The SMILES string of the molecule is CN(N)/C=C(\N)c1ccc(-c2ccc3ncc4c(c3c2)n(C2CCNCC2)c(=O)n4C)cn1. The summed E-state index contributed by atoms with van der Waals surface area (Å²) >= 11 is 0. The van der Waals surface area contributed by atoms with Crippen molar-refractivity contribution >= 4 is 27.6 Å². The maximum Gasteiger partial charge on any atom is 0.329 e. The monoisotopic (exact) mass is 444 g/mol. The number of rotatable bonds is 4.